The minimum atomic E-state index is -0.457. The van der Waals surface area contributed by atoms with E-state index in [0.29, 0.717) is 5.69 Å². The number of hydrogen-bond donors (Lipinski definition) is 2. The quantitative estimate of drug-likeness (QED) is 0.633. The lowest BCUT2D eigenvalue weighted by Crippen LogP contribution is -2.38. The third kappa shape index (κ3) is 4.54. The van der Waals surface area contributed by atoms with Gasteiger partial charge in [0.2, 0.25) is 5.91 Å². The van der Waals surface area contributed by atoms with Gasteiger partial charge >= 0.3 is 0 Å². The van der Waals surface area contributed by atoms with Crippen LogP contribution in [0.5, 0.6) is 0 Å². The Morgan fingerprint density at radius 2 is 1.65 bits per heavy atom. The number of carbonyl (C=O) groups excluding carboxylic acids is 1. The summed E-state index contributed by atoms with van der Waals surface area (Å²) in [6, 6.07) is 15.1. The van der Waals surface area contributed by atoms with E-state index in [1.165, 1.54) is 12.1 Å². The number of anilines is 1. The minimum absolute atomic E-state index is 0.0188. The summed E-state index contributed by atoms with van der Waals surface area (Å²) in [4.78, 5) is 22.4. The third-order valence-corrected chi connectivity index (χ3v) is 3.51. The fraction of sp³-hybridized carbons (Fsp3) is 0.235. The molecule has 2 aromatic rings. The SMILES string of the molecule is C[C@H](Nc1ccc([N+](=O)[O-])cc1)C(=O)N[C@H](C)c1ccccc1. The van der Waals surface area contributed by atoms with E-state index in [2.05, 4.69) is 10.6 Å². The standard InChI is InChI=1S/C17H19N3O3/c1-12(14-6-4-3-5-7-14)19-17(21)13(2)18-15-8-10-16(11-9-15)20(22)23/h3-13,18H,1-2H3,(H,19,21)/t12-,13+/m1/s1. The molecule has 0 bridgehead atoms. The molecule has 0 aliphatic rings. The van der Waals surface area contributed by atoms with Crippen LogP contribution in [-0.4, -0.2) is 16.9 Å². The smallest absolute Gasteiger partial charge is 0.269 e. The van der Waals surface area contributed by atoms with Crippen LogP contribution in [-0.2, 0) is 4.79 Å². The Hall–Kier alpha value is -2.89. The van der Waals surface area contributed by atoms with E-state index in [1.807, 2.05) is 37.3 Å². The summed E-state index contributed by atoms with van der Waals surface area (Å²) >= 11 is 0. The highest BCUT2D eigenvalue weighted by Crippen LogP contribution is 2.16. The van der Waals surface area contributed by atoms with Crippen LogP contribution in [0.15, 0.2) is 54.6 Å². The fourth-order valence-corrected chi connectivity index (χ4v) is 2.16. The molecule has 0 radical (unpaired) electrons. The molecule has 0 aromatic heterocycles. The van der Waals surface area contributed by atoms with Crippen molar-refractivity contribution in [3.8, 4) is 0 Å². The van der Waals surface area contributed by atoms with Crippen LogP contribution >= 0.6 is 0 Å². The highest BCUT2D eigenvalue weighted by atomic mass is 16.6. The molecule has 120 valence electrons. The lowest BCUT2D eigenvalue weighted by Gasteiger charge is -2.19. The Balaban J connectivity index is 1.93. The van der Waals surface area contributed by atoms with Crippen molar-refractivity contribution in [1.29, 1.82) is 0 Å². The topological polar surface area (TPSA) is 84.3 Å². The first-order valence-electron chi connectivity index (χ1n) is 7.33. The number of hydrogen-bond acceptors (Lipinski definition) is 4. The molecule has 1 amide bonds. The highest BCUT2D eigenvalue weighted by molar-refractivity contribution is 5.84. The van der Waals surface area contributed by atoms with Gasteiger partial charge in [0.05, 0.1) is 11.0 Å². The van der Waals surface area contributed by atoms with Gasteiger partial charge in [0.25, 0.3) is 5.69 Å². The van der Waals surface area contributed by atoms with Crippen molar-refractivity contribution in [3.63, 3.8) is 0 Å². The molecule has 0 fully saturated rings. The zero-order valence-electron chi connectivity index (χ0n) is 13.0. The molecule has 2 N–H and O–H groups in total. The number of non-ortho nitro benzene ring substituents is 1. The van der Waals surface area contributed by atoms with Crippen LogP contribution in [0.2, 0.25) is 0 Å². The predicted octanol–water partition coefficient (Wildman–Crippen LogP) is 3.27. The second-order valence-electron chi connectivity index (χ2n) is 5.31. The number of nitrogens with one attached hydrogen (secondary N) is 2. The highest BCUT2D eigenvalue weighted by Gasteiger charge is 2.16. The van der Waals surface area contributed by atoms with Gasteiger partial charge < -0.3 is 10.6 Å². The van der Waals surface area contributed by atoms with Crippen molar-refractivity contribution < 1.29 is 9.72 Å². The van der Waals surface area contributed by atoms with Gasteiger partial charge in [0, 0.05) is 17.8 Å². The van der Waals surface area contributed by atoms with E-state index < -0.39 is 11.0 Å². The number of rotatable bonds is 6. The predicted molar refractivity (Wildman–Crippen MR) is 89.2 cm³/mol. The molecule has 2 aromatic carbocycles. The molecule has 2 atom stereocenters. The maximum absolute atomic E-state index is 12.2. The summed E-state index contributed by atoms with van der Waals surface area (Å²) < 4.78 is 0. The first kappa shape index (κ1) is 16.5. The minimum Gasteiger partial charge on any atom is -0.374 e. The molecule has 0 saturated carbocycles. The Labute approximate surface area is 134 Å². The van der Waals surface area contributed by atoms with Gasteiger partial charge in [-0.3, -0.25) is 14.9 Å². The van der Waals surface area contributed by atoms with Crippen LogP contribution in [0.3, 0.4) is 0 Å². The van der Waals surface area contributed by atoms with E-state index in [9.17, 15) is 14.9 Å². The Morgan fingerprint density at radius 3 is 2.22 bits per heavy atom. The van der Waals surface area contributed by atoms with Gasteiger partial charge in [-0.1, -0.05) is 30.3 Å². The summed E-state index contributed by atoms with van der Waals surface area (Å²) in [6.45, 7) is 3.67. The molecular formula is C17H19N3O3. The summed E-state index contributed by atoms with van der Waals surface area (Å²) in [6.07, 6.45) is 0. The molecule has 0 heterocycles. The molecule has 23 heavy (non-hydrogen) atoms. The number of nitro groups is 1. The third-order valence-electron chi connectivity index (χ3n) is 3.51. The van der Waals surface area contributed by atoms with Crippen LogP contribution in [0.1, 0.15) is 25.5 Å². The van der Waals surface area contributed by atoms with Gasteiger partial charge in [-0.2, -0.15) is 0 Å². The van der Waals surface area contributed by atoms with Crippen molar-refractivity contribution in [1.82, 2.24) is 5.32 Å². The van der Waals surface area contributed by atoms with E-state index in [0.717, 1.165) is 5.56 Å². The van der Waals surface area contributed by atoms with Gasteiger partial charge in [-0.15, -0.1) is 0 Å². The van der Waals surface area contributed by atoms with Crippen molar-refractivity contribution in [2.24, 2.45) is 0 Å². The number of amides is 1. The zero-order chi connectivity index (χ0) is 16.8. The number of benzene rings is 2. The van der Waals surface area contributed by atoms with Crippen LogP contribution in [0, 0.1) is 10.1 Å². The summed E-state index contributed by atoms with van der Waals surface area (Å²) in [5, 5.41) is 16.6. The van der Waals surface area contributed by atoms with Gasteiger partial charge in [0.1, 0.15) is 6.04 Å². The van der Waals surface area contributed by atoms with Crippen LogP contribution < -0.4 is 10.6 Å². The van der Waals surface area contributed by atoms with Crippen molar-refractivity contribution >= 4 is 17.3 Å². The lowest BCUT2D eigenvalue weighted by atomic mass is 10.1. The van der Waals surface area contributed by atoms with Crippen LogP contribution in [0.25, 0.3) is 0 Å². The van der Waals surface area contributed by atoms with E-state index in [-0.39, 0.29) is 17.6 Å². The van der Waals surface area contributed by atoms with Crippen molar-refractivity contribution in [2.45, 2.75) is 25.9 Å². The van der Waals surface area contributed by atoms with Gasteiger partial charge in [0.15, 0.2) is 0 Å². The Bertz CT molecular complexity index is 671. The fourth-order valence-electron chi connectivity index (χ4n) is 2.16. The number of nitrogens with zero attached hydrogens (tertiary/aromatic N) is 1. The van der Waals surface area contributed by atoms with Crippen molar-refractivity contribution in [2.75, 3.05) is 5.32 Å². The van der Waals surface area contributed by atoms with Gasteiger partial charge in [-0.25, -0.2) is 0 Å². The second kappa shape index (κ2) is 7.40. The molecule has 0 unspecified atom stereocenters. The van der Waals surface area contributed by atoms with E-state index in [1.54, 1.807) is 19.1 Å². The zero-order valence-corrected chi connectivity index (χ0v) is 13.0. The summed E-state index contributed by atoms with van der Waals surface area (Å²) in [5.41, 5.74) is 1.71. The molecule has 0 spiro atoms. The first-order valence-corrected chi connectivity index (χ1v) is 7.33. The molecular weight excluding hydrogens is 294 g/mol. The normalized spacial score (nSPS) is 13.0. The van der Waals surface area contributed by atoms with E-state index >= 15 is 0 Å². The molecule has 2 rings (SSSR count). The van der Waals surface area contributed by atoms with Gasteiger partial charge in [-0.05, 0) is 31.5 Å². The average Bonchev–Trinajstić information content (AvgIpc) is 2.56. The number of carbonyl (C=O) groups is 1. The molecule has 0 saturated heterocycles. The second-order valence-corrected chi connectivity index (χ2v) is 5.31. The Kier molecular flexibility index (Phi) is 5.30. The first-order chi connectivity index (χ1) is 11.0. The molecule has 6 nitrogen and oxygen atoms in total. The summed E-state index contributed by atoms with van der Waals surface area (Å²) in [7, 11) is 0. The van der Waals surface area contributed by atoms with E-state index in [4.69, 9.17) is 0 Å². The van der Waals surface area contributed by atoms with Crippen molar-refractivity contribution in [3.05, 3.63) is 70.3 Å². The molecule has 6 heteroatoms. The molecule has 0 aliphatic carbocycles. The largest absolute Gasteiger partial charge is 0.374 e. The maximum atomic E-state index is 12.2. The summed E-state index contributed by atoms with van der Waals surface area (Å²) in [5.74, 6) is -0.139. The average molecular weight is 313 g/mol. The number of nitro benzene ring substituents is 1. The lowest BCUT2D eigenvalue weighted by molar-refractivity contribution is -0.384. The maximum Gasteiger partial charge on any atom is 0.269 e. The molecule has 0 aliphatic heterocycles. The Morgan fingerprint density at radius 1 is 1.04 bits per heavy atom. The van der Waals surface area contributed by atoms with Crippen LogP contribution in [0.4, 0.5) is 11.4 Å². The monoisotopic (exact) mass is 313 g/mol.